The van der Waals surface area contributed by atoms with Gasteiger partial charge in [-0.3, -0.25) is 4.79 Å². The summed E-state index contributed by atoms with van der Waals surface area (Å²) in [5.41, 5.74) is 7.03. The van der Waals surface area contributed by atoms with Crippen molar-refractivity contribution >= 4 is 11.5 Å². The Morgan fingerprint density at radius 3 is 2.40 bits per heavy atom. The first-order valence-corrected chi connectivity index (χ1v) is 5.48. The van der Waals surface area contributed by atoms with E-state index in [1.165, 1.54) is 0 Å². The minimum absolute atomic E-state index is 0.218. The fourth-order valence-electron chi connectivity index (χ4n) is 1.48. The van der Waals surface area contributed by atoms with E-state index < -0.39 is 0 Å². The molecule has 0 saturated heterocycles. The molecule has 0 fully saturated rings. The molecule has 1 aromatic carbocycles. The van der Waals surface area contributed by atoms with Gasteiger partial charge in [0.05, 0.1) is 0 Å². The van der Waals surface area contributed by atoms with Gasteiger partial charge in [-0.2, -0.15) is 0 Å². The number of ketones is 1. The Hall–Kier alpha value is -1.31. The van der Waals surface area contributed by atoms with Crippen molar-refractivity contribution in [1.29, 1.82) is 0 Å². The van der Waals surface area contributed by atoms with Crippen LogP contribution in [0.1, 0.15) is 43.5 Å². The minimum Gasteiger partial charge on any atom is -0.399 e. The van der Waals surface area contributed by atoms with Gasteiger partial charge in [0.15, 0.2) is 5.78 Å². The molecule has 0 bridgehead atoms. The summed E-state index contributed by atoms with van der Waals surface area (Å²) in [6, 6.07) is 7.14. The van der Waals surface area contributed by atoms with Crippen LogP contribution in [0.4, 0.5) is 5.69 Å². The Morgan fingerprint density at radius 2 is 1.87 bits per heavy atom. The van der Waals surface area contributed by atoms with E-state index in [9.17, 15) is 4.79 Å². The van der Waals surface area contributed by atoms with E-state index in [4.69, 9.17) is 5.73 Å². The van der Waals surface area contributed by atoms with Gasteiger partial charge in [-0.25, -0.2) is 0 Å². The van der Waals surface area contributed by atoms with Crippen LogP contribution in [0.3, 0.4) is 0 Å². The lowest BCUT2D eigenvalue weighted by Crippen LogP contribution is -2.00. The summed E-state index contributed by atoms with van der Waals surface area (Å²) in [7, 11) is 0. The summed E-state index contributed by atoms with van der Waals surface area (Å²) in [4.78, 5) is 11.7. The van der Waals surface area contributed by atoms with Crippen LogP contribution in [0.15, 0.2) is 24.3 Å². The van der Waals surface area contributed by atoms with Gasteiger partial charge in [0.25, 0.3) is 0 Å². The van der Waals surface area contributed by atoms with Gasteiger partial charge in [-0.15, -0.1) is 0 Å². The van der Waals surface area contributed by atoms with Gasteiger partial charge in [0, 0.05) is 17.7 Å². The van der Waals surface area contributed by atoms with E-state index in [0.29, 0.717) is 18.0 Å². The van der Waals surface area contributed by atoms with E-state index in [-0.39, 0.29) is 5.78 Å². The third-order valence-corrected chi connectivity index (χ3v) is 2.42. The molecule has 0 aliphatic carbocycles. The molecule has 0 radical (unpaired) electrons. The lowest BCUT2D eigenvalue weighted by Gasteiger charge is -2.04. The average molecular weight is 205 g/mol. The maximum absolute atomic E-state index is 11.7. The zero-order chi connectivity index (χ0) is 11.3. The van der Waals surface area contributed by atoms with Crippen molar-refractivity contribution < 1.29 is 4.79 Å². The fourth-order valence-corrected chi connectivity index (χ4v) is 1.48. The first kappa shape index (κ1) is 11.8. The van der Waals surface area contributed by atoms with Crippen LogP contribution in [0.25, 0.3) is 0 Å². The van der Waals surface area contributed by atoms with Crippen molar-refractivity contribution in [3.05, 3.63) is 29.8 Å². The highest BCUT2D eigenvalue weighted by atomic mass is 16.1. The molecule has 2 nitrogen and oxygen atoms in total. The summed E-state index contributed by atoms with van der Waals surface area (Å²) < 4.78 is 0. The second-order valence-corrected chi connectivity index (χ2v) is 4.33. The maximum atomic E-state index is 11.7. The van der Waals surface area contributed by atoms with Gasteiger partial charge < -0.3 is 5.73 Å². The Balaban J connectivity index is 2.43. The Morgan fingerprint density at radius 1 is 1.27 bits per heavy atom. The number of Topliss-reactive ketones (excluding diaryl/α,β-unsaturated/α-hetero) is 1. The minimum atomic E-state index is 0.218. The Kier molecular flexibility index (Phi) is 4.35. The molecule has 82 valence electrons. The van der Waals surface area contributed by atoms with Gasteiger partial charge in [0.1, 0.15) is 0 Å². The normalized spacial score (nSPS) is 10.6. The molecule has 0 spiro atoms. The number of carbonyl (C=O) groups is 1. The van der Waals surface area contributed by atoms with Crippen LogP contribution in [0.2, 0.25) is 0 Å². The van der Waals surface area contributed by atoms with Gasteiger partial charge in [-0.05, 0) is 36.6 Å². The number of hydrogen-bond acceptors (Lipinski definition) is 2. The van der Waals surface area contributed by atoms with Crippen molar-refractivity contribution in [2.24, 2.45) is 5.92 Å². The number of rotatable bonds is 5. The number of nitrogen functional groups attached to an aromatic ring is 1. The topological polar surface area (TPSA) is 43.1 Å². The van der Waals surface area contributed by atoms with Crippen molar-refractivity contribution in [3.63, 3.8) is 0 Å². The van der Waals surface area contributed by atoms with E-state index in [1.807, 2.05) is 0 Å². The number of benzene rings is 1. The second kappa shape index (κ2) is 5.54. The molecule has 0 unspecified atom stereocenters. The standard InChI is InChI=1S/C13H19NO/c1-10(2)4-3-5-13(15)11-6-8-12(14)9-7-11/h6-10H,3-5,14H2,1-2H3. The molecular weight excluding hydrogens is 186 g/mol. The van der Waals surface area contributed by atoms with Gasteiger partial charge in [0.2, 0.25) is 0 Å². The highest BCUT2D eigenvalue weighted by Crippen LogP contribution is 2.12. The largest absolute Gasteiger partial charge is 0.399 e. The summed E-state index contributed by atoms with van der Waals surface area (Å²) in [6.45, 7) is 4.35. The van der Waals surface area contributed by atoms with Crippen molar-refractivity contribution in [2.75, 3.05) is 5.73 Å². The van der Waals surface area contributed by atoms with E-state index in [1.54, 1.807) is 24.3 Å². The van der Waals surface area contributed by atoms with E-state index >= 15 is 0 Å². The monoisotopic (exact) mass is 205 g/mol. The SMILES string of the molecule is CC(C)CCCC(=O)c1ccc(N)cc1. The second-order valence-electron chi connectivity index (χ2n) is 4.33. The molecule has 2 heteroatoms. The van der Waals surface area contributed by atoms with Crippen LogP contribution in [0.5, 0.6) is 0 Å². The first-order chi connectivity index (χ1) is 7.09. The van der Waals surface area contributed by atoms with Crippen molar-refractivity contribution in [1.82, 2.24) is 0 Å². The zero-order valence-corrected chi connectivity index (χ0v) is 9.49. The average Bonchev–Trinajstić information content (AvgIpc) is 2.18. The van der Waals surface area contributed by atoms with Gasteiger partial charge in [-0.1, -0.05) is 20.3 Å². The third-order valence-electron chi connectivity index (χ3n) is 2.42. The Bertz CT molecular complexity index is 314. The summed E-state index contributed by atoms with van der Waals surface area (Å²) in [5, 5.41) is 0. The number of carbonyl (C=O) groups excluding carboxylic acids is 1. The molecule has 0 aromatic heterocycles. The van der Waals surface area contributed by atoms with Crippen LogP contribution < -0.4 is 5.73 Å². The fraction of sp³-hybridized carbons (Fsp3) is 0.462. The van der Waals surface area contributed by atoms with Crippen molar-refractivity contribution in [2.45, 2.75) is 33.1 Å². The van der Waals surface area contributed by atoms with Crippen LogP contribution in [-0.2, 0) is 0 Å². The van der Waals surface area contributed by atoms with Crippen LogP contribution >= 0.6 is 0 Å². The maximum Gasteiger partial charge on any atom is 0.162 e. The van der Waals surface area contributed by atoms with Crippen molar-refractivity contribution in [3.8, 4) is 0 Å². The molecule has 0 aliphatic rings. The Labute approximate surface area is 91.5 Å². The molecule has 0 heterocycles. The van der Waals surface area contributed by atoms with E-state index in [2.05, 4.69) is 13.8 Å². The molecule has 0 atom stereocenters. The molecule has 0 saturated carbocycles. The number of nitrogens with two attached hydrogens (primary N) is 1. The zero-order valence-electron chi connectivity index (χ0n) is 9.49. The highest BCUT2D eigenvalue weighted by molar-refractivity contribution is 5.96. The smallest absolute Gasteiger partial charge is 0.162 e. The lowest BCUT2D eigenvalue weighted by atomic mass is 10.0. The predicted octanol–water partition coefficient (Wildman–Crippen LogP) is 3.28. The first-order valence-electron chi connectivity index (χ1n) is 5.48. The van der Waals surface area contributed by atoms with Crippen LogP contribution in [-0.4, -0.2) is 5.78 Å². The van der Waals surface area contributed by atoms with Crippen LogP contribution in [0, 0.1) is 5.92 Å². The molecule has 15 heavy (non-hydrogen) atoms. The summed E-state index contributed by atoms with van der Waals surface area (Å²) in [6.07, 6.45) is 2.73. The highest BCUT2D eigenvalue weighted by Gasteiger charge is 2.05. The third kappa shape index (κ3) is 4.15. The molecular formula is C13H19NO. The number of hydrogen-bond donors (Lipinski definition) is 1. The number of anilines is 1. The summed E-state index contributed by atoms with van der Waals surface area (Å²) in [5.74, 6) is 0.889. The van der Waals surface area contributed by atoms with E-state index in [0.717, 1.165) is 18.4 Å². The van der Waals surface area contributed by atoms with Gasteiger partial charge >= 0.3 is 0 Å². The lowest BCUT2D eigenvalue weighted by molar-refractivity contribution is 0.0978. The molecule has 2 N–H and O–H groups in total. The molecule has 0 aliphatic heterocycles. The molecule has 1 rings (SSSR count). The predicted molar refractivity (Wildman–Crippen MR) is 63.9 cm³/mol. The summed E-state index contributed by atoms with van der Waals surface area (Å²) >= 11 is 0. The quantitative estimate of drug-likeness (QED) is 0.592. The molecule has 1 aromatic rings. The molecule has 0 amide bonds.